The van der Waals surface area contributed by atoms with E-state index in [2.05, 4.69) is 16.0 Å². The summed E-state index contributed by atoms with van der Waals surface area (Å²) in [5.41, 5.74) is 2.26. The molecule has 8 heteroatoms. The summed E-state index contributed by atoms with van der Waals surface area (Å²) in [6.07, 6.45) is 1.54. The van der Waals surface area contributed by atoms with Crippen LogP contribution in [0.15, 0.2) is 132 Å². The number of carbonyl (C=O) groups excluding carboxylic acids is 3. The largest absolute Gasteiger partial charge is 0.325 e. The van der Waals surface area contributed by atoms with Gasteiger partial charge in [-0.1, -0.05) is 84.4 Å². The highest BCUT2D eigenvalue weighted by Gasteiger charge is 2.18. The maximum atomic E-state index is 13.4. The van der Waals surface area contributed by atoms with Crippen LogP contribution in [0.25, 0.3) is 16.8 Å². The molecule has 5 aromatic rings. The first-order valence-electron chi connectivity index (χ1n) is 13.6. The Morgan fingerprint density at radius 2 is 1.42 bits per heavy atom. The molecule has 5 aromatic carbocycles. The molecule has 0 spiro atoms. The first kappa shape index (κ1) is 29.6. The van der Waals surface area contributed by atoms with Crippen LogP contribution in [0.1, 0.15) is 22.8 Å². The molecule has 3 N–H and O–H groups in total. The van der Waals surface area contributed by atoms with Crippen LogP contribution in [0.5, 0.6) is 0 Å². The maximum Gasteiger partial charge on any atom is 0.272 e. The van der Waals surface area contributed by atoms with Crippen LogP contribution < -0.4 is 16.0 Å². The van der Waals surface area contributed by atoms with Crippen LogP contribution in [0.2, 0.25) is 5.02 Å². The number of nitrogens with one attached hydrogen (secondary N) is 3. The number of thioether (sulfide) groups is 1. The number of amides is 3. The number of rotatable bonds is 9. The van der Waals surface area contributed by atoms with Crippen molar-refractivity contribution in [3.05, 3.63) is 143 Å². The summed E-state index contributed by atoms with van der Waals surface area (Å²) in [7, 11) is 0. The molecule has 0 aliphatic rings. The van der Waals surface area contributed by atoms with Crippen molar-refractivity contribution in [1.82, 2.24) is 5.32 Å². The second-order valence-corrected chi connectivity index (χ2v) is 11.5. The van der Waals surface area contributed by atoms with E-state index in [-0.39, 0.29) is 11.6 Å². The molecule has 0 saturated carbocycles. The number of anilines is 2. The topological polar surface area (TPSA) is 87.3 Å². The van der Waals surface area contributed by atoms with Gasteiger partial charge in [0.25, 0.3) is 11.8 Å². The lowest BCUT2D eigenvalue weighted by Gasteiger charge is -2.14. The highest BCUT2D eigenvalue weighted by atomic mass is 35.5. The predicted molar refractivity (Wildman–Crippen MR) is 176 cm³/mol. The molecule has 0 bridgehead atoms. The summed E-state index contributed by atoms with van der Waals surface area (Å²) in [5.74, 6) is -1.08. The van der Waals surface area contributed by atoms with E-state index in [4.69, 9.17) is 11.6 Å². The number of halogens is 1. The Hall–Kier alpha value is -4.85. The molecule has 0 aromatic heterocycles. The van der Waals surface area contributed by atoms with E-state index >= 15 is 0 Å². The molecule has 5 rings (SSSR count). The average Bonchev–Trinajstić information content (AvgIpc) is 3.02. The molecule has 0 fully saturated rings. The minimum absolute atomic E-state index is 0.0307. The molecule has 0 saturated heterocycles. The molecule has 1 atom stereocenters. The first-order valence-corrected chi connectivity index (χ1v) is 14.8. The molecular weight excluding hydrogens is 578 g/mol. The Morgan fingerprint density at radius 3 is 2.21 bits per heavy atom. The second kappa shape index (κ2) is 13.9. The maximum absolute atomic E-state index is 13.4. The molecule has 0 heterocycles. The van der Waals surface area contributed by atoms with Crippen LogP contribution in [0, 0.1) is 0 Å². The lowest BCUT2D eigenvalue weighted by Crippen LogP contribution is -2.30. The van der Waals surface area contributed by atoms with Gasteiger partial charge in [0.2, 0.25) is 5.91 Å². The van der Waals surface area contributed by atoms with Gasteiger partial charge in [-0.2, -0.15) is 0 Å². The third kappa shape index (κ3) is 7.92. The summed E-state index contributed by atoms with van der Waals surface area (Å²) in [5, 5.41) is 10.8. The van der Waals surface area contributed by atoms with Crippen molar-refractivity contribution in [3.63, 3.8) is 0 Å². The highest BCUT2D eigenvalue weighted by molar-refractivity contribution is 8.00. The van der Waals surface area contributed by atoms with Crippen molar-refractivity contribution in [2.45, 2.75) is 17.1 Å². The fourth-order valence-electron chi connectivity index (χ4n) is 4.30. The van der Waals surface area contributed by atoms with Crippen molar-refractivity contribution >= 4 is 69.3 Å². The second-order valence-electron chi connectivity index (χ2n) is 9.69. The van der Waals surface area contributed by atoms with Crippen LogP contribution >= 0.6 is 23.4 Å². The fourth-order valence-corrected chi connectivity index (χ4v) is 5.42. The van der Waals surface area contributed by atoms with Crippen LogP contribution in [-0.2, 0) is 9.59 Å². The van der Waals surface area contributed by atoms with Gasteiger partial charge in [0.15, 0.2) is 0 Å². The Morgan fingerprint density at radius 1 is 0.721 bits per heavy atom. The number of benzene rings is 5. The van der Waals surface area contributed by atoms with E-state index in [1.54, 1.807) is 66.7 Å². The lowest BCUT2D eigenvalue weighted by molar-refractivity contribution is -0.115. The molecular formula is C35H28ClN3O3S. The monoisotopic (exact) mass is 605 g/mol. The normalized spacial score (nSPS) is 11.9. The zero-order chi connectivity index (χ0) is 30.2. The summed E-state index contributed by atoms with van der Waals surface area (Å²) in [6.45, 7) is 1.83. The van der Waals surface area contributed by atoms with Gasteiger partial charge in [0, 0.05) is 26.9 Å². The third-order valence-corrected chi connectivity index (χ3v) is 7.96. The van der Waals surface area contributed by atoms with Gasteiger partial charge in [-0.15, -0.1) is 11.8 Å². The number of carbonyl (C=O) groups is 3. The van der Waals surface area contributed by atoms with Crippen LogP contribution in [-0.4, -0.2) is 23.0 Å². The lowest BCUT2D eigenvalue weighted by atomic mass is 10.1. The van der Waals surface area contributed by atoms with Crippen LogP contribution in [0.4, 0.5) is 11.4 Å². The van der Waals surface area contributed by atoms with Gasteiger partial charge >= 0.3 is 0 Å². The summed E-state index contributed by atoms with van der Waals surface area (Å²) in [4.78, 5) is 40.1. The molecule has 0 radical (unpaired) electrons. The fraction of sp³-hybridized carbons (Fsp3) is 0.0571. The quantitative estimate of drug-likeness (QED) is 0.117. The van der Waals surface area contributed by atoms with Crippen molar-refractivity contribution < 1.29 is 14.4 Å². The minimum atomic E-state index is -0.520. The highest BCUT2D eigenvalue weighted by Crippen LogP contribution is 2.28. The van der Waals surface area contributed by atoms with Crippen molar-refractivity contribution in [3.8, 4) is 0 Å². The van der Waals surface area contributed by atoms with Crippen molar-refractivity contribution in [2.24, 2.45) is 0 Å². The average molecular weight is 606 g/mol. The third-order valence-electron chi connectivity index (χ3n) is 6.52. The summed E-state index contributed by atoms with van der Waals surface area (Å²) >= 11 is 7.71. The zero-order valence-electron chi connectivity index (χ0n) is 23.2. The first-order chi connectivity index (χ1) is 20.9. The standard InChI is InChI=1S/C35H28ClN3O3S/c1-23(33(40)37-29-19-18-24-10-5-6-13-26(24)20-29)43-30-16-9-15-28(22-30)38-35(42)32(21-27-14-7-8-17-31(27)36)39-34(41)25-11-3-2-4-12-25/h2-23H,1H3,(H,37,40)(H,38,42)(H,39,41)/b32-21+. The molecule has 3 amide bonds. The predicted octanol–water partition coefficient (Wildman–Crippen LogP) is 8.02. The van der Waals surface area contributed by atoms with Gasteiger partial charge in [-0.3, -0.25) is 14.4 Å². The molecule has 0 aliphatic carbocycles. The number of hydrogen-bond donors (Lipinski definition) is 3. The number of fused-ring (bicyclic) bond motifs is 1. The summed E-state index contributed by atoms with van der Waals surface area (Å²) < 4.78 is 0. The van der Waals surface area contributed by atoms with Gasteiger partial charge in [0.05, 0.1) is 5.25 Å². The van der Waals surface area contributed by atoms with E-state index in [9.17, 15) is 14.4 Å². The van der Waals surface area contributed by atoms with Gasteiger partial charge in [-0.25, -0.2) is 0 Å². The zero-order valence-corrected chi connectivity index (χ0v) is 24.8. The summed E-state index contributed by atoms with van der Waals surface area (Å²) in [6, 6.07) is 36.7. The molecule has 0 aliphatic heterocycles. The molecule has 214 valence electrons. The van der Waals surface area contributed by atoms with E-state index in [1.165, 1.54) is 17.8 Å². The van der Waals surface area contributed by atoms with Gasteiger partial charge < -0.3 is 16.0 Å². The van der Waals surface area contributed by atoms with E-state index in [0.29, 0.717) is 21.8 Å². The SMILES string of the molecule is CC(Sc1cccc(NC(=O)/C(=C\c2ccccc2Cl)NC(=O)c2ccccc2)c1)C(=O)Nc1ccc2ccccc2c1. The number of hydrogen-bond acceptors (Lipinski definition) is 4. The van der Waals surface area contributed by atoms with Crippen molar-refractivity contribution in [1.29, 1.82) is 0 Å². The van der Waals surface area contributed by atoms with E-state index in [1.807, 2.05) is 61.5 Å². The van der Waals surface area contributed by atoms with Crippen LogP contribution in [0.3, 0.4) is 0 Å². The Bertz CT molecular complexity index is 1820. The molecule has 6 nitrogen and oxygen atoms in total. The Balaban J connectivity index is 1.28. The Kier molecular flexibility index (Phi) is 9.56. The van der Waals surface area contributed by atoms with E-state index < -0.39 is 17.1 Å². The van der Waals surface area contributed by atoms with Gasteiger partial charge in [-0.05, 0) is 77.9 Å². The smallest absolute Gasteiger partial charge is 0.272 e. The van der Waals surface area contributed by atoms with Crippen molar-refractivity contribution in [2.75, 3.05) is 10.6 Å². The Labute approximate surface area is 259 Å². The molecule has 1 unspecified atom stereocenters. The van der Waals surface area contributed by atoms with E-state index in [0.717, 1.165) is 21.4 Å². The van der Waals surface area contributed by atoms with Gasteiger partial charge in [0.1, 0.15) is 5.70 Å². The molecule has 43 heavy (non-hydrogen) atoms. The minimum Gasteiger partial charge on any atom is -0.325 e.